The second-order valence-electron chi connectivity index (χ2n) is 5.09. The van der Waals surface area contributed by atoms with E-state index in [4.69, 9.17) is 5.73 Å². The number of hydrogen-bond acceptors (Lipinski definition) is 4. The molecular weight excluding hydrogens is 276 g/mol. The molecule has 2 rings (SSSR count). The highest BCUT2D eigenvalue weighted by Crippen LogP contribution is 2.40. The van der Waals surface area contributed by atoms with Gasteiger partial charge in [0.15, 0.2) is 4.75 Å². The molecule has 0 saturated carbocycles. The van der Waals surface area contributed by atoms with Crippen molar-refractivity contribution in [3.05, 3.63) is 29.3 Å². The summed E-state index contributed by atoms with van der Waals surface area (Å²) < 4.78 is 23.8. The predicted molar refractivity (Wildman–Crippen MR) is 77.6 cm³/mol. The summed E-state index contributed by atoms with van der Waals surface area (Å²) in [5, 5.41) is 0. The molecule has 0 atom stereocenters. The molecule has 0 aliphatic carbocycles. The van der Waals surface area contributed by atoms with Gasteiger partial charge in [-0.15, -0.1) is 0 Å². The highest BCUT2D eigenvalue weighted by molar-refractivity contribution is 7.98. The summed E-state index contributed by atoms with van der Waals surface area (Å²) >= 11 is 0. The van der Waals surface area contributed by atoms with Crippen molar-refractivity contribution >= 4 is 21.6 Å². The lowest BCUT2D eigenvalue weighted by Crippen LogP contribution is -2.67. The minimum Gasteiger partial charge on any atom is -0.320 e. The number of nitrogens with two attached hydrogens (primary N) is 1. The fourth-order valence-electron chi connectivity index (χ4n) is 2.01. The molecule has 0 aromatic heterocycles. The Bertz CT molecular complexity index is 739. The molecule has 1 aliphatic rings. The van der Waals surface area contributed by atoms with Crippen LogP contribution in [0.4, 0.5) is 5.69 Å². The molecule has 0 bridgehead atoms. The minimum absolute atomic E-state index is 0.258. The second kappa shape index (κ2) is 4.62. The van der Waals surface area contributed by atoms with Gasteiger partial charge in [0.05, 0.1) is 12.2 Å². The highest BCUT2D eigenvalue weighted by Gasteiger charge is 2.61. The number of carbonyl (C=O) groups is 1. The van der Waals surface area contributed by atoms with E-state index in [1.165, 1.54) is 13.8 Å². The molecule has 1 aliphatic heterocycles. The van der Waals surface area contributed by atoms with Crippen molar-refractivity contribution in [1.29, 1.82) is 0 Å². The zero-order chi connectivity index (χ0) is 15.1. The summed E-state index contributed by atoms with van der Waals surface area (Å²) in [5.74, 6) is 5.18. The van der Waals surface area contributed by atoms with Gasteiger partial charge in [-0.1, -0.05) is 11.8 Å². The number of amides is 1. The first-order chi connectivity index (χ1) is 9.23. The van der Waals surface area contributed by atoms with E-state index in [9.17, 15) is 13.2 Å². The maximum absolute atomic E-state index is 12.2. The van der Waals surface area contributed by atoms with Crippen LogP contribution in [0.3, 0.4) is 0 Å². The van der Waals surface area contributed by atoms with Gasteiger partial charge in [0.25, 0.3) is 15.9 Å². The van der Waals surface area contributed by atoms with E-state index in [1.54, 1.807) is 25.1 Å². The van der Waals surface area contributed by atoms with Gasteiger partial charge >= 0.3 is 0 Å². The van der Waals surface area contributed by atoms with Crippen LogP contribution >= 0.6 is 0 Å². The first kappa shape index (κ1) is 14.6. The van der Waals surface area contributed by atoms with E-state index in [0.717, 1.165) is 9.87 Å². The van der Waals surface area contributed by atoms with Crippen molar-refractivity contribution in [2.75, 3.05) is 10.8 Å². The maximum atomic E-state index is 12.2. The third-order valence-electron chi connectivity index (χ3n) is 3.34. The van der Waals surface area contributed by atoms with Gasteiger partial charge in [0, 0.05) is 5.56 Å². The van der Waals surface area contributed by atoms with Crippen LogP contribution in [-0.4, -0.2) is 25.6 Å². The molecule has 20 heavy (non-hydrogen) atoms. The fraction of sp³-hybridized carbons (Fsp3) is 0.357. The molecule has 2 N–H and O–H groups in total. The van der Waals surface area contributed by atoms with Crippen LogP contribution in [0.1, 0.15) is 25.0 Å². The average molecular weight is 292 g/mol. The summed E-state index contributed by atoms with van der Waals surface area (Å²) in [6.07, 6.45) is 0. The zero-order valence-electron chi connectivity index (χ0n) is 11.6. The van der Waals surface area contributed by atoms with Crippen molar-refractivity contribution in [3.8, 4) is 11.8 Å². The quantitative estimate of drug-likeness (QED) is 0.775. The van der Waals surface area contributed by atoms with Gasteiger partial charge in [0.2, 0.25) is 0 Å². The number of rotatable bonds is 1. The van der Waals surface area contributed by atoms with Crippen molar-refractivity contribution in [2.45, 2.75) is 25.5 Å². The Balaban J connectivity index is 2.44. The lowest BCUT2D eigenvalue weighted by molar-refractivity contribution is -0.120. The molecule has 1 saturated heterocycles. The SMILES string of the molecule is Cc1cc(C#CCN)ccc1N1C(=O)C(C)(C)S1(=O)=O. The Morgan fingerprint density at radius 1 is 1.35 bits per heavy atom. The van der Waals surface area contributed by atoms with Crippen molar-refractivity contribution in [2.24, 2.45) is 5.73 Å². The number of anilines is 1. The first-order valence-electron chi connectivity index (χ1n) is 6.12. The van der Waals surface area contributed by atoms with E-state index in [-0.39, 0.29) is 6.54 Å². The van der Waals surface area contributed by atoms with Crippen LogP contribution in [-0.2, 0) is 14.8 Å². The Labute approximate surface area is 118 Å². The Kier molecular flexibility index (Phi) is 3.36. The van der Waals surface area contributed by atoms with E-state index >= 15 is 0 Å². The third-order valence-corrected chi connectivity index (χ3v) is 5.64. The molecule has 1 fully saturated rings. The fourth-order valence-corrected chi connectivity index (χ4v) is 3.55. The summed E-state index contributed by atoms with van der Waals surface area (Å²) in [7, 11) is -3.63. The Hall–Kier alpha value is -1.84. The van der Waals surface area contributed by atoms with Gasteiger partial charge in [-0.05, 0) is 44.5 Å². The molecule has 1 heterocycles. The molecule has 0 spiro atoms. The molecule has 1 aromatic rings. The monoisotopic (exact) mass is 292 g/mol. The minimum atomic E-state index is -3.63. The van der Waals surface area contributed by atoms with Gasteiger partial charge in [-0.2, -0.15) is 0 Å². The lowest BCUT2D eigenvalue weighted by Gasteiger charge is -2.43. The Morgan fingerprint density at radius 2 is 2.00 bits per heavy atom. The lowest BCUT2D eigenvalue weighted by atomic mass is 10.1. The number of nitrogens with zero attached hydrogens (tertiary/aromatic N) is 1. The molecule has 0 radical (unpaired) electrons. The van der Waals surface area contributed by atoms with Crippen LogP contribution in [0.2, 0.25) is 0 Å². The van der Waals surface area contributed by atoms with Crippen LogP contribution in [0.5, 0.6) is 0 Å². The van der Waals surface area contributed by atoms with Crippen LogP contribution in [0.25, 0.3) is 0 Å². The third kappa shape index (κ3) is 1.90. The van der Waals surface area contributed by atoms with Gasteiger partial charge < -0.3 is 5.73 Å². The number of sulfonamides is 1. The molecule has 1 aromatic carbocycles. The van der Waals surface area contributed by atoms with E-state index in [1.807, 2.05) is 0 Å². The standard InChI is InChI=1S/C14H16N2O3S/c1-10-9-11(5-4-8-15)6-7-12(10)16-13(17)14(2,3)20(16,18)19/h6-7,9H,8,15H2,1-3H3. The van der Waals surface area contributed by atoms with Gasteiger partial charge in [-0.25, -0.2) is 12.7 Å². The summed E-state index contributed by atoms with van der Waals surface area (Å²) in [5.41, 5.74) is 7.10. The van der Waals surface area contributed by atoms with Crippen LogP contribution in [0.15, 0.2) is 18.2 Å². The normalized spacial score (nSPS) is 19.0. The number of benzene rings is 1. The molecule has 6 heteroatoms. The smallest absolute Gasteiger partial charge is 0.263 e. The average Bonchev–Trinajstić information content (AvgIpc) is 2.38. The number of hydrogen-bond donors (Lipinski definition) is 1. The summed E-state index contributed by atoms with van der Waals surface area (Å²) in [6.45, 7) is 4.83. The number of carbonyl (C=O) groups excluding carboxylic acids is 1. The molecule has 5 nitrogen and oxygen atoms in total. The van der Waals surface area contributed by atoms with E-state index in [2.05, 4.69) is 11.8 Å². The Morgan fingerprint density at radius 3 is 2.50 bits per heavy atom. The van der Waals surface area contributed by atoms with Crippen molar-refractivity contribution in [3.63, 3.8) is 0 Å². The number of aryl methyl sites for hydroxylation is 1. The molecular formula is C14H16N2O3S. The molecule has 0 unspecified atom stereocenters. The highest BCUT2D eigenvalue weighted by atomic mass is 32.2. The topological polar surface area (TPSA) is 80.5 Å². The van der Waals surface area contributed by atoms with E-state index in [0.29, 0.717) is 11.3 Å². The zero-order valence-corrected chi connectivity index (χ0v) is 12.4. The summed E-state index contributed by atoms with van der Waals surface area (Å²) in [4.78, 5) is 12.0. The molecule has 106 valence electrons. The first-order valence-corrected chi connectivity index (χ1v) is 7.56. The van der Waals surface area contributed by atoms with Crippen molar-refractivity contribution in [1.82, 2.24) is 0 Å². The van der Waals surface area contributed by atoms with Gasteiger partial charge in [0.1, 0.15) is 0 Å². The van der Waals surface area contributed by atoms with Gasteiger partial charge in [-0.3, -0.25) is 4.79 Å². The second-order valence-corrected chi connectivity index (χ2v) is 7.43. The summed E-state index contributed by atoms with van der Waals surface area (Å²) in [6, 6.07) is 5.02. The maximum Gasteiger partial charge on any atom is 0.263 e. The van der Waals surface area contributed by atoms with E-state index < -0.39 is 20.7 Å². The van der Waals surface area contributed by atoms with Crippen LogP contribution < -0.4 is 10.0 Å². The molecule has 1 amide bonds. The van der Waals surface area contributed by atoms with Crippen molar-refractivity contribution < 1.29 is 13.2 Å². The predicted octanol–water partition coefficient (Wildman–Crippen LogP) is 0.760. The van der Waals surface area contributed by atoms with Crippen LogP contribution in [0, 0.1) is 18.8 Å². The largest absolute Gasteiger partial charge is 0.320 e.